The number of ether oxygens (including phenoxy) is 5. The number of rotatable bonds is 7. The Labute approximate surface area is 119 Å². The molecule has 1 heterocycles. The summed E-state index contributed by atoms with van der Waals surface area (Å²) in [5.41, 5.74) is 1.04. The molecule has 1 aromatic rings. The normalized spacial score (nSPS) is 17.1. The zero-order chi connectivity index (χ0) is 14.4. The Kier molecular flexibility index (Phi) is 5.23. The van der Waals surface area contributed by atoms with Gasteiger partial charge < -0.3 is 23.7 Å². The lowest BCUT2D eigenvalue weighted by molar-refractivity contribution is -0.156. The molecule has 0 unspecified atom stereocenters. The predicted molar refractivity (Wildman–Crippen MR) is 74.1 cm³/mol. The third kappa shape index (κ3) is 3.85. The van der Waals surface area contributed by atoms with Gasteiger partial charge in [0.1, 0.15) is 0 Å². The Morgan fingerprint density at radius 1 is 1.10 bits per heavy atom. The van der Waals surface area contributed by atoms with E-state index in [1.807, 2.05) is 25.1 Å². The SMILES string of the molecule is COc1ccc(COCCC2(C)OCCO2)cc1OC. The van der Waals surface area contributed by atoms with Gasteiger partial charge in [-0.2, -0.15) is 0 Å². The molecule has 1 aliphatic rings. The van der Waals surface area contributed by atoms with Crippen molar-refractivity contribution in [3.63, 3.8) is 0 Å². The van der Waals surface area contributed by atoms with Gasteiger partial charge in [-0.15, -0.1) is 0 Å². The second-order valence-corrected chi connectivity index (χ2v) is 4.82. The van der Waals surface area contributed by atoms with E-state index in [0.29, 0.717) is 32.2 Å². The second-order valence-electron chi connectivity index (χ2n) is 4.82. The van der Waals surface area contributed by atoms with E-state index in [-0.39, 0.29) is 0 Å². The quantitative estimate of drug-likeness (QED) is 0.718. The minimum absolute atomic E-state index is 0.488. The van der Waals surface area contributed by atoms with Crippen LogP contribution in [-0.4, -0.2) is 39.8 Å². The van der Waals surface area contributed by atoms with Crippen molar-refractivity contribution in [3.05, 3.63) is 23.8 Å². The van der Waals surface area contributed by atoms with E-state index in [1.165, 1.54) is 0 Å². The molecular formula is C15H22O5. The van der Waals surface area contributed by atoms with Crippen LogP contribution in [-0.2, 0) is 20.8 Å². The van der Waals surface area contributed by atoms with Gasteiger partial charge in [-0.1, -0.05) is 6.07 Å². The zero-order valence-electron chi connectivity index (χ0n) is 12.3. The van der Waals surface area contributed by atoms with Crippen LogP contribution < -0.4 is 9.47 Å². The van der Waals surface area contributed by atoms with Gasteiger partial charge in [0.15, 0.2) is 17.3 Å². The summed E-state index contributed by atoms with van der Waals surface area (Å²) < 4.78 is 27.2. The molecule has 0 atom stereocenters. The predicted octanol–water partition coefficient (Wildman–Crippen LogP) is 2.37. The van der Waals surface area contributed by atoms with Crippen LogP contribution in [0.4, 0.5) is 0 Å². The van der Waals surface area contributed by atoms with Crippen molar-refractivity contribution in [2.24, 2.45) is 0 Å². The van der Waals surface area contributed by atoms with Crippen molar-refractivity contribution < 1.29 is 23.7 Å². The number of hydrogen-bond acceptors (Lipinski definition) is 5. The summed E-state index contributed by atoms with van der Waals surface area (Å²) in [7, 11) is 3.24. The van der Waals surface area contributed by atoms with Crippen LogP contribution in [0.5, 0.6) is 11.5 Å². The first-order chi connectivity index (χ1) is 9.67. The van der Waals surface area contributed by atoms with E-state index < -0.39 is 5.79 Å². The van der Waals surface area contributed by atoms with Crippen LogP contribution in [0.25, 0.3) is 0 Å². The minimum Gasteiger partial charge on any atom is -0.493 e. The second kappa shape index (κ2) is 6.92. The molecule has 0 N–H and O–H groups in total. The molecular weight excluding hydrogens is 260 g/mol. The standard InChI is InChI=1S/C15H22O5/c1-15(19-8-9-20-15)6-7-18-11-12-4-5-13(16-2)14(10-12)17-3/h4-5,10H,6-9,11H2,1-3H3. The van der Waals surface area contributed by atoms with Crippen LogP contribution in [0, 0.1) is 0 Å². The summed E-state index contributed by atoms with van der Waals surface area (Å²) in [5.74, 6) is 0.942. The lowest BCUT2D eigenvalue weighted by Gasteiger charge is -2.21. The molecule has 5 heteroatoms. The smallest absolute Gasteiger partial charge is 0.167 e. The first kappa shape index (κ1) is 15.1. The highest BCUT2D eigenvalue weighted by Crippen LogP contribution is 2.28. The van der Waals surface area contributed by atoms with Crippen molar-refractivity contribution in [2.75, 3.05) is 34.0 Å². The highest BCUT2D eigenvalue weighted by Gasteiger charge is 2.30. The summed E-state index contributed by atoms with van der Waals surface area (Å²) in [6.07, 6.45) is 0.723. The maximum Gasteiger partial charge on any atom is 0.167 e. The molecule has 5 nitrogen and oxygen atoms in total. The molecule has 0 spiro atoms. The van der Waals surface area contributed by atoms with Crippen molar-refractivity contribution in [2.45, 2.75) is 25.7 Å². The third-order valence-electron chi connectivity index (χ3n) is 3.32. The van der Waals surface area contributed by atoms with Crippen molar-refractivity contribution in [1.82, 2.24) is 0 Å². The Morgan fingerprint density at radius 3 is 2.45 bits per heavy atom. The van der Waals surface area contributed by atoms with Gasteiger partial charge in [0.2, 0.25) is 0 Å². The first-order valence-electron chi connectivity index (χ1n) is 6.73. The molecule has 1 aromatic carbocycles. The van der Waals surface area contributed by atoms with Gasteiger partial charge in [-0.3, -0.25) is 0 Å². The van der Waals surface area contributed by atoms with Crippen molar-refractivity contribution in [1.29, 1.82) is 0 Å². The highest BCUT2D eigenvalue weighted by molar-refractivity contribution is 5.42. The Morgan fingerprint density at radius 2 is 1.80 bits per heavy atom. The fourth-order valence-electron chi connectivity index (χ4n) is 2.12. The van der Waals surface area contributed by atoms with E-state index >= 15 is 0 Å². The summed E-state index contributed by atoms with van der Waals surface area (Å²) in [6.45, 7) is 4.37. The van der Waals surface area contributed by atoms with Crippen molar-refractivity contribution >= 4 is 0 Å². The largest absolute Gasteiger partial charge is 0.493 e. The number of benzene rings is 1. The van der Waals surface area contributed by atoms with Crippen LogP contribution in [0.1, 0.15) is 18.9 Å². The van der Waals surface area contributed by atoms with E-state index in [2.05, 4.69) is 0 Å². The average molecular weight is 282 g/mol. The molecule has 0 aromatic heterocycles. The Bertz CT molecular complexity index is 426. The topological polar surface area (TPSA) is 46.2 Å². The molecule has 0 aliphatic carbocycles. The Hall–Kier alpha value is -1.30. The molecule has 1 saturated heterocycles. The maximum absolute atomic E-state index is 5.66. The van der Waals surface area contributed by atoms with Crippen LogP contribution in [0.15, 0.2) is 18.2 Å². The van der Waals surface area contributed by atoms with Crippen molar-refractivity contribution in [3.8, 4) is 11.5 Å². The average Bonchev–Trinajstić information content (AvgIpc) is 2.90. The van der Waals surface area contributed by atoms with E-state index in [9.17, 15) is 0 Å². The molecule has 112 valence electrons. The molecule has 1 aliphatic heterocycles. The monoisotopic (exact) mass is 282 g/mol. The maximum atomic E-state index is 5.66. The summed E-state index contributed by atoms with van der Waals surface area (Å²) in [6, 6.07) is 5.76. The van der Waals surface area contributed by atoms with Crippen LogP contribution in [0.2, 0.25) is 0 Å². The fourth-order valence-corrected chi connectivity index (χ4v) is 2.12. The minimum atomic E-state index is -0.488. The fraction of sp³-hybridized carbons (Fsp3) is 0.600. The summed E-state index contributed by atoms with van der Waals surface area (Å²) in [4.78, 5) is 0. The van der Waals surface area contributed by atoms with Gasteiger partial charge in [-0.25, -0.2) is 0 Å². The van der Waals surface area contributed by atoms with Gasteiger partial charge in [0.05, 0.1) is 40.6 Å². The molecule has 1 fully saturated rings. The molecule has 0 saturated carbocycles. The molecule has 0 bridgehead atoms. The van der Waals surface area contributed by atoms with Crippen LogP contribution in [0.3, 0.4) is 0 Å². The number of hydrogen-bond donors (Lipinski definition) is 0. The highest BCUT2D eigenvalue weighted by atomic mass is 16.7. The molecule has 0 radical (unpaired) electrons. The van der Waals surface area contributed by atoms with Gasteiger partial charge in [-0.05, 0) is 24.6 Å². The molecule has 2 rings (SSSR count). The summed E-state index contributed by atoms with van der Waals surface area (Å²) >= 11 is 0. The van der Waals surface area contributed by atoms with E-state index in [1.54, 1.807) is 14.2 Å². The van der Waals surface area contributed by atoms with Gasteiger partial charge in [0.25, 0.3) is 0 Å². The lowest BCUT2D eigenvalue weighted by Crippen LogP contribution is -2.27. The molecule has 20 heavy (non-hydrogen) atoms. The van der Waals surface area contributed by atoms with E-state index in [0.717, 1.165) is 17.7 Å². The van der Waals surface area contributed by atoms with E-state index in [4.69, 9.17) is 23.7 Å². The molecule has 0 amide bonds. The van der Waals surface area contributed by atoms with Crippen LogP contribution >= 0.6 is 0 Å². The van der Waals surface area contributed by atoms with Gasteiger partial charge >= 0.3 is 0 Å². The summed E-state index contributed by atoms with van der Waals surface area (Å²) in [5, 5.41) is 0. The van der Waals surface area contributed by atoms with Gasteiger partial charge in [0, 0.05) is 6.42 Å². The number of methoxy groups -OCH3 is 2. The zero-order valence-corrected chi connectivity index (χ0v) is 12.3. The first-order valence-corrected chi connectivity index (χ1v) is 6.73. The third-order valence-corrected chi connectivity index (χ3v) is 3.32. The Balaban J connectivity index is 1.79. The lowest BCUT2D eigenvalue weighted by atomic mass is 10.2.